The highest BCUT2D eigenvalue weighted by molar-refractivity contribution is 5.85. The maximum absolute atomic E-state index is 12.1. The van der Waals surface area contributed by atoms with E-state index in [1.165, 1.54) is 24.3 Å². The van der Waals surface area contributed by atoms with Crippen LogP contribution in [0.5, 0.6) is 0 Å². The number of aliphatic hydroxyl groups is 1. The number of carbonyl (C=O) groups excluding carboxylic acids is 1. The third-order valence-corrected chi connectivity index (χ3v) is 4.16. The second kappa shape index (κ2) is 7.76. The summed E-state index contributed by atoms with van der Waals surface area (Å²) in [5, 5.41) is 25.6. The smallest absolute Gasteiger partial charge is 0.269 e. The molecule has 0 heterocycles. The van der Waals surface area contributed by atoms with E-state index in [4.69, 9.17) is 0 Å². The van der Waals surface area contributed by atoms with E-state index in [0.29, 0.717) is 5.56 Å². The van der Waals surface area contributed by atoms with Crippen molar-refractivity contribution in [1.29, 1.82) is 0 Å². The fourth-order valence-electron chi connectivity index (χ4n) is 2.74. The average Bonchev–Trinajstić information content (AvgIpc) is 2.66. The lowest BCUT2D eigenvalue weighted by molar-refractivity contribution is -0.384. The molecule has 0 saturated carbocycles. The maximum Gasteiger partial charge on any atom is 0.269 e. The minimum absolute atomic E-state index is 0.0405. The minimum Gasteiger partial charge on any atom is -0.387 e. The van der Waals surface area contributed by atoms with Crippen molar-refractivity contribution >= 4 is 22.4 Å². The zero-order valence-corrected chi connectivity index (χ0v) is 14.0. The number of benzene rings is 3. The van der Waals surface area contributed by atoms with E-state index >= 15 is 0 Å². The highest BCUT2D eigenvalue weighted by atomic mass is 16.6. The molecule has 6 heteroatoms. The van der Waals surface area contributed by atoms with Crippen molar-refractivity contribution in [2.75, 3.05) is 6.54 Å². The molecule has 0 aromatic heterocycles. The molecule has 1 atom stereocenters. The van der Waals surface area contributed by atoms with Crippen molar-refractivity contribution in [3.63, 3.8) is 0 Å². The number of hydrogen-bond acceptors (Lipinski definition) is 4. The Morgan fingerprint density at radius 1 is 1.04 bits per heavy atom. The summed E-state index contributed by atoms with van der Waals surface area (Å²) in [6.07, 6.45) is -0.700. The lowest BCUT2D eigenvalue weighted by Crippen LogP contribution is -2.29. The fourth-order valence-corrected chi connectivity index (χ4v) is 2.74. The first-order chi connectivity index (χ1) is 12.5. The van der Waals surface area contributed by atoms with E-state index in [-0.39, 0.29) is 24.6 Å². The van der Waals surface area contributed by atoms with E-state index in [0.717, 1.165) is 16.3 Å². The molecule has 0 fully saturated rings. The van der Waals surface area contributed by atoms with E-state index in [1.807, 2.05) is 42.5 Å². The Kier molecular flexibility index (Phi) is 5.24. The van der Waals surface area contributed by atoms with E-state index in [9.17, 15) is 20.0 Å². The summed E-state index contributed by atoms with van der Waals surface area (Å²) >= 11 is 0. The Balaban J connectivity index is 1.56. The summed E-state index contributed by atoms with van der Waals surface area (Å²) in [5.74, 6) is -0.193. The molecule has 26 heavy (non-hydrogen) atoms. The van der Waals surface area contributed by atoms with Crippen LogP contribution in [0.15, 0.2) is 66.7 Å². The molecule has 1 unspecified atom stereocenters. The van der Waals surface area contributed by atoms with Crippen LogP contribution in [-0.4, -0.2) is 22.5 Å². The molecule has 3 rings (SSSR count). The molecular formula is C20H18N2O4. The molecule has 2 N–H and O–H groups in total. The van der Waals surface area contributed by atoms with Gasteiger partial charge in [0.15, 0.2) is 0 Å². The average molecular weight is 350 g/mol. The Hall–Kier alpha value is -3.25. The number of hydrogen-bond donors (Lipinski definition) is 2. The number of nitro groups is 1. The van der Waals surface area contributed by atoms with Gasteiger partial charge in [-0.15, -0.1) is 0 Å². The van der Waals surface area contributed by atoms with Crippen LogP contribution in [0.1, 0.15) is 17.2 Å². The summed E-state index contributed by atoms with van der Waals surface area (Å²) in [4.78, 5) is 22.3. The topological polar surface area (TPSA) is 92.5 Å². The van der Waals surface area contributed by atoms with E-state index < -0.39 is 11.0 Å². The molecule has 0 aliphatic heterocycles. The fraction of sp³-hybridized carbons (Fsp3) is 0.150. The maximum atomic E-state index is 12.1. The van der Waals surface area contributed by atoms with Gasteiger partial charge < -0.3 is 10.4 Å². The molecule has 1 amide bonds. The van der Waals surface area contributed by atoms with Gasteiger partial charge in [-0.05, 0) is 34.0 Å². The number of rotatable bonds is 6. The number of nitrogens with one attached hydrogen (secondary N) is 1. The summed E-state index contributed by atoms with van der Waals surface area (Å²) < 4.78 is 0. The molecular weight excluding hydrogens is 332 g/mol. The second-order valence-electron chi connectivity index (χ2n) is 6.03. The Bertz CT molecular complexity index is 938. The van der Waals surface area contributed by atoms with Gasteiger partial charge in [-0.1, -0.05) is 42.5 Å². The number of carbonyl (C=O) groups is 1. The van der Waals surface area contributed by atoms with Crippen molar-refractivity contribution in [2.24, 2.45) is 0 Å². The van der Waals surface area contributed by atoms with Crippen LogP contribution < -0.4 is 5.32 Å². The van der Waals surface area contributed by atoms with Crippen molar-refractivity contribution in [2.45, 2.75) is 12.5 Å². The standard InChI is InChI=1S/C20H18N2O4/c23-19(16-7-9-18(10-8-16)22(25)26)13-21-20(24)12-14-5-6-15-3-1-2-4-17(15)11-14/h1-11,19,23H,12-13H2,(H,21,24). The van der Waals surface area contributed by atoms with Crippen molar-refractivity contribution in [3.05, 3.63) is 88.0 Å². The number of amides is 1. The number of non-ortho nitro benzene ring substituents is 1. The van der Waals surface area contributed by atoms with Gasteiger partial charge in [0.05, 0.1) is 17.4 Å². The summed E-state index contributed by atoms with van der Waals surface area (Å²) in [7, 11) is 0. The van der Waals surface area contributed by atoms with Gasteiger partial charge in [-0.25, -0.2) is 0 Å². The third kappa shape index (κ3) is 4.23. The normalized spacial score (nSPS) is 11.9. The van der Waals surface area contributed by atoms with Gasteiger partial charge in [0.25, 0.3) is 5.69 Å². The first-order valence-corrected chi connectivity index (χ1v) is 8.20. The van der Waals surface area contributed by atoms with Crippen LogP contribution in [0.4, 0.5) is 5.69 Å². The molecule has 132 valence electrons. The predicted molar refractivity (Wildman–Crippen MR) is 98.7 cm³/mol. The zero-order valence-electron chi connectivity index (χ0n) is 14.0. The molecule has 0 radical (unpaired) electrons. The molecule has 0 aliphatic rings. The number of nitrogens with zero attached hydrogens (tertiary/aromatic N) is 1. The number of aliphatic hydroxyl groups excluding tert-OH is 1. The van der Waals surface area contributed by atoms with E-state index in [2.05, 4.69) is 5.32 Å². The van der Waals surface area contributed by atoms with Gasteiger partial charge >= 0.3 is 0 Å². The summed E-state index contributed by atoms with van der Waals surface area (Å²) in [5.41, 5.74) is 1.37. The summed E-state index contributed by atoms with van der Waals surface area (Å²) in [6, 6.07) is 19.4. The van der Waals surface area contributed by atoms with Crippen LogP contribution in [0.3, 0.4) is 0 Å². The Labute approximate surface area is 150 Å². The monoisotopic (exact) mass is 350 g/mol. The Morgan fingerprint density at radius 3 is 2.42 bits per heavy atom. The SMILES string of the molecule is O=C(Cc1ccc2ccccc2c1)NCC(O)c1ccc([N+](=O)[O-])cc1. The van der Waals surface area contributed by atoms with Crippen LogP contribution in [0, 0.1) is 10.1 Å². The molecule has 0 spiro atoms. The lowest BCUT2D eigenvalue weighted by Gasteiger charge is -2.12. The van der Waals surface area contributed by atoms with Gasteiger partial charge in [0, 0.05) is 18.7 Å². The summed E-state index contributed by atoms with van der Waals surface area (Å²) in [6.45, 7) is 0.0459. The van der Waals surface area contributed by atoms with Crippen LogP contribution in [0.25, 0.3) is 10.8 Å². The largest absolute Gasteiger partial charge is 0.387 e. The Morgan fingerprint density at radius 2 is 1.73 bits per heavy atom. The van der Waals surface area contributed by atoms with Gasteiger partial charge in [-0.2, -0.15) is 0 Å². The quantitative estimate of drug-likeness (QED) is 0.528. The van der Waals surface area contributed by atoms with Crippen molar-refractivity contribution in [1.82, 2.24) is 5.32 Å². The highest BCUT2D eigenvalue weighted by Crippen LogP contribution is 2.18. The molecule has 3 aromatic carbocycles. The molecule has 3 aromatic rings. The molecule has 6 nitrogen and oxygen atoms in total. The highest BCUT2D eigenvalue weighted by Gasteiger charge is 2.12. The van der Waals surface area contributed by atoms with Gasteiger partial charge in [0.2, 0.25) is 5.91 Å². The first kappa shape index (κ1) is 17.6. The van der Waals surface area contributed by atoms with Crippen LogP contribution >= 0.6 is 0 Å². The molecule has 0 saturated heterocycles. The number of fused-ring (bicyclic) bond motifs is 1. The minimum atomic E-state index is -0.920. The van der Waals surface area contributed by atoms with E-state index in [1.54, 1.807) is 0 Å². The first-order valence-electron chi connectivity index (χ1n) is 8.20. The van der Waals surface area contributed by atoms with Gasteiger partial charge in [0.1, 0.15) is 0 Å². The molecule has 0 aliphatic carbocycles. The van der Waals surface area contributed by atoms with Gasteiger partial charge in [-0.3, -0.25) is 14.9 Å². The van der Waals surface area contributed by atoms with Crippen molar-refractivity contribution < 1.29 is 14.8 Å². The predicted octanol–water partition coefficient (Wildman–Crippen LogP) is 3.14. The molecule has 0 bridgehead atoms. The second-order valence-corrected chi connectivity index (χ2v) is 6.03. The van der Waals surface area contributed by atoms with Crippen molar-refractivity contribution in [3.8, 4) is 0 Å². The third-order valence-electron chi connectivity index (χ3n) is 4.16. The zero-order chi connectivity index (χ0) is 18.5. The number of nitro benzene ring substituents is 1. The van der Waals surface area contributed by atoms with Crippen LogP contribution in [-0.2, 0) is 11.2 Å². The lowest BCUT2D eigenvalue weighted by atomic mass is 10.0. The van der Waals surface area contributed by atoms with Crippen LogP contribution in [0.2, 0.25) is 0 Å².